The minimum absolute atomic E-state index is 0.0922. The number of methoxy groups -OCH3 is 1. The molecule has 3 amide bonds. The Labute approximate surface area is 266 Å². The van der Waals surface area contributed by atoms with Crippen molar-refractivity contribution in [1.82, 2.24) is 20.2 Å². The monoisotopic (exact) mass is 622 g/mol. The van der Waals surface area contributed by atoms with Crippen molar-refractivity contribution in [3.8, 4) is 5.75 Å². The van der Waals surface area contributed by atoms with Crippen molar-refractivity contribution in [1.29, 1.82) is 0 Å². The standard InChI is InChI=1S/C34H34N6O6/c1-46-27-9-6-23(7-10-27)18-31(41)37-29-19-24(33(44)38-28(20-32(42)43)25-4-2-12-35-21-25)8-11-30(29)39-14-16-40(17-15-39)34(45)26-5-3-13-36-22-26/h2-13,19,21-22,28H,14-18,20H2,1H3,(H,37,41)(H,38,44)(H,42,43). The van der Waals surface area contributed by atoms with Crippen LogP contribution >= 0.6 is 0 Å². The van der Waals surface area contributed by atoms with Gasteiger partial charge in [-0.05, 0) is 59.7 Å². The number of nitrogens with zero attached hydrogens (tertiary/aromatic N) is 4. The van der Waals surface area contributed by atoms with Gasteiger partial charge in [-0.3, -0.25) is 29.1 Å². The summed E-state index contributed by atoms with van der Waals surface area (Å²) in [6.07, 6.45) is 6.01. The quantitative estimate of drug-likeness (QED) is 0.228. The maximum Gasteiger partial charge on any atom is 0.305 e. The highest BCUT2D eigenvalue weighted by Crippen LogP contribution is 2.30. The lowest BCUT2D eigenvalue weighted by molar-refractivity contribution is -0.137. The first-order valence-corrected chi connectivity index (χ1v) is 14.7. The number of ether oxygens (including phenoxy) is 1. The van der Waals surface area contributed by atoms with Gasteiger partial charge in [-0.2, -0.15) is 0 Å². The molecular weight excluding hydrogens is 588 g/mol. The van der Waals surface area contributed by atoms with E-state index in [4.69, 9.17) is 4.74 Å². The van der Waals surface area contributed by atoms with Gasteiger partial charge in [0, 0.05) is 56.5 Å². The van der Waals surface area contributed by atoms with Crippen molar-refractivity contribution in [2.75, 3.05) is 43.5 Å². The van der Waals surface area contributed by atoms with E-state index in [-0.39, 0.29) is 30.2 Å². The predicted molar refractivity (Wildman–Crippen MR) is 171 cm³/mol. The van der Waals surface area contributed by atoms with Crippen LogP contribution in [0.15, 0.2) is 91.5 Å². The lowest BCUT2D eigenvalue weighted by Gasteiger charge is -2.37. The molecule has 0 spiro atoms. The van der Waals surface area contributed by atoms with Crippen molar-refractivity contribution < 1.29 is 29.0 Å². The van der Waals surface area contributed by atoms with E-state index in [1.807, 2.05) is 12.1 Å². The molecule has 5 rings (SSSR count). The van der Waals surface area contributed by atoms with Crippen LogP contribution in [0.5, 0.6) is 5.75 Å². The molecule has 0 bridgehead atoms. The molecule has 236 valence electrons. The molecule has 0 radical (unpaired) electrons. The second-order valence-electron chi connectivity index (χ2n) is 10.7. The Morgan fingerprint density at radius 2 is 1.61 bits per heavy atom. The molecule has 12 heteroatoms. The number of carbonyl (C=O) groups is 4. The van der Waals surface area contributed by atoms with Gasteiger partial charge < -0.3 is 30.3 Å². The van der Waals surface area contributed by atoms with Gasteiger partial charge in [-0.25, -0.2) is 0 Å². The Kier molecular flexibility index (Phi) is 10.2. The molecule has 46 heavy (non-hydrogen) atoms. The first-order chi connectivity index (χ1) is 22.3. The van der Waals surface area contributed by atoms with E-state index in [1.54, 1.807) is 85.2 Å². The van der Waals surface area contributed by atoms with Crippen LogP contribution in [0.1, 0.15) is 44.3 Å². The van der Waals surface area contributed by atoms with Crippen LogP contribution in [-0.2, 0) is 16.0 Å². The average molecular weight is 623 g/mol. The average Bonchev–Trinajstić information content (AvgIpc) is 3.08. The van der Waals surface area contributed by atoms with Gasteiger partial charge in [0.05, 0.1) is 42.9 Å². The minimum Gasteiger partial charge on any atom is -0.497 e. The third kappa shape index (κ3) is 8.03. The summed E-state index contributed by atoms with van der Waals surface area (Å²) in [7, 11) is 1.57. The van der Waals surface area contributed by atoms with Gasteiger partial charge in [-0.1, -0.05) is 18.2 Å². The van der Waals surface area contributed by atoms with Gasteiger partial charge in [0.15, 0.2) is 0 Å². The lowest BCUT2D eigenvalue weighted by Crippen LogP contribution is -2.49. The normalized spacial score (nSPS) is 13.4. The highest BCUT2D eigenvalue weighted by atomic mass is 16.5. The number of benzene rings is 2. The first-order valence-electron chi connectivity index (χ1n) is 14.7. The van der Waals surface area contributed by atoms with Gasteiger partial charge in [0.25, 0.3) is 11.8 Å². The van der Waals surface area contributed by atoms with E-state index in [1.165, 1.54) is 6.20 Å². The van der Waals surface area contributed by atoms with Crippen LogP contribution in [0.2, 0.25) is 0 Å². The number of pyridine rings is 2. The van der Waals surface area contributed by atoms with E-state index in [0.717, 1.165) is 5.56 Å². The minimum atomic E-state index is -1.07. The Bertz CT molecular complexity index is 1680. The molecule has 1 unspecified atom stereocenters. The number of nitrogens with one attached hydrogen (secondary N) is 2. The fraction of sp³-hybridized carbons (Fsp3) is 0.235. The molecule has 3 heterocycles. The van der Waals surface area contributed by atoms with E-state index in [0.29, 0.717) is 54.4 Å². The predicted octanol–water partition coefficient (Wildman–Crippen LogP) is 3.57. The fourth-order valence-electron chi connectivity index (χ4n) is 5.25. The number of anilines is 2. The Morgan fingerprint density at radius 1 is 0.891 bits per heavy atom. The number of carbonyl (C=O) groups excluding carboxylic acids is 3. The molecule has 0 aliphatic carbocycles. The van der Waals surface area contributed by atoms with Crippen molar-refractivity contribution in [2.24, 2.45) is 0 Å². The highest BCUT2D eigenvalue weighted by molar-refractivity contribution is 6.01. The number of hydrogen-bond acceptors (Lipinski definition) is 8. The molecule has 1 fully saturated rings. The lowest BCUT2D eigenvalue weighted by atomic mass is 10.0. The summed E-state index contributed by atoms with van der Waals surface area (Å²) in [6, 6.07) is 18.2. The molecule has 12 nitrogen and oxygen atoms in total. The van der Waals surface area contributed by atoms with E-state index < -0.39 is 17.9 Å². The highest BCUT2D eigenvalue weighted by Gasteiger charge is 2.26. The van der Waals surface area contributed by atoms with Crippen LogP contribution in [0, 0.1) is 0 Å². The third-order valence-corrected chi connectivity index (χ3v) is 7.64. The van der Waals surface area contributed by atoms with Crippen molar-refractivity contribution in [2.45, 2.75) is 18.9 Å². The zero-order valence-corrected chi connectivity index (χ0v) is 25.3. The van der Waals surface area contributed by atoms with Gasteiger partial charge >= 0.3 is 5.97 Å². The smallest absolute Gasteiger partial charge is 0.305 e. The molecule has 1 aliphatic rings. The molecule has 1 saturated heterocycles. The molecule has 0 saturated carbocycles. The number of rotatable bonds is 11. The number of amides is 3. The van der Waals surface area contributed by atoms with Gasteiger partial charge in [-0.15, -0.1) is 0 Å². The molecule has 1 aliphatic heterocycles. The summed E-state index contributed by atoms with van der Waals surface area (Å²) in [5.74, 6) is -1.28. The summed E-state index contributed by atoms with van der Waals surface area (Å²) in [5, 5.41) is 15.2. The maximum absolute atomic E-state index is 13.4. The van der Waals surface area contributed by atoms with Crippen molar-refractivity contribution in [3.63, 3.8) is 0 Å². The van der Waals surface area contributed by atoms with Gasteiger partial charge in [0.2, 0.25) is 5.91 Å². The number of piperazine rings is 1. The first kappa shape index (κ1) is 31.6. The fourth-order valence-corrected chi connectivity index (χ4v) is 5.25. The summed E-state index contributed by atoms with van der Waals surface area (Å²) in [6.45, 7) is 1.91. The van der Waals surface area contributed by atoms with Crippen LogP contribution in [0.25, 0.3) is 0 Å². The molecule has 1 atom stereocenters. The van der Waals surface area contributed by atoms with Crippen LogP contribution in [0.3, 0.4) is 0 Å². The van der Waals surface area contributed by atoms with Crippen LogP contribution in [0.4, 0.5) is 11.4 Å². The van der Waals surface area contributed by atoms with E-state index in [9.17, 15) is 24.3 Å². The van der Waals surface area contributed by atoms with E-state index in [2.05, 4.69) is 25.5 Å². The molecule has 2 aromatic carbocycles. The summed E-state index contributed by atoms with van der Waals surface area (Å²) >= 11 is 0. The van der Waals surface area contributed by atoms with E-state index >= 15 is 0 Å². The molecule has 2 aromatic heterocycles. The number of aliphatic carboxylic acids is 1. The number of hydrogen-bond donors (Lipinski definition) is 3. The Balaban J connectivity index is 1.36. The molecule has 3 N–H and O–H groups in total. The number of carboxylic acids is 1. The third-order valence-electron chi connectivity index (χ3n) is 7.64. The van der Waals surface area contributed by atoms with Gasteiger partial charge in [0.1, 0.15) is 5.75 Å². The zero-order valence-electron chi connectivity index (χ0n) is 25.3. The molecular formula is C34H34N6O6. The second kappa shape index (κ2) is 14.8. The largest absolute Gasteiger partial charge is 0.497 e. The van der Waals surface area contributed by atoms with Crippen molar-refractivity contribution >= 4 is 35.1 Å². The topological polar surface area (TPSA) is 154 Å². The number of carboxylic acid groups (broad SMARTS) is 1. The second-order valence-corrected chi connectivity index (χ2v) is 10.7. The SMILES string of the molecule is COc1ccc(CC(=O)Nc2cc(C(=O)NC(CC(=O)O)c3cccnc3)ccc2N2CCN(C(=O)c3cccnc3)CC2)cc1. The Morgan fingerprint density at radius 3 is 2.24 bits per heavy atom. The zero-order chi connectivity index (χ0) is 32.5. The van der Waals surface area contributed by atoms with Crippen molar-refractivity contribution in [3.05, 3.63) is 114 Å². The summed E-state index contributed by atoms with van der Waals surface area (Å²) in [5.41, 5.74) is 3.22. The Hall–Kier alpha value is -5.78. The summed E-state index contributed by atoms with van der Waals surface area (Å²) in [4.78, 5) is 63.1. The summed E-state index contributed by atoms with van der Waals surface area (Å²) < 4.78 is 5.20. The van der Waals surface area contributed by atoms with Crippen LogP contribution < -0.4 is 20.3 Å². The number of aromatic nitrogens is 2. The maximum atomic E-state index is 13.4. The van der Waals surface area contributed by atoms with Crippen LogP contribution in [-0.4, -0.2) is 77.0 Å². The molecule has 4 aromatic rings.